The normalized spacial score (nSPS) is 16.8. The van der Waals surface area contributed by atoms with Crippen molar-refractivity contribution in [2.24, 2.45) is 0 Å². The van der Waals surface area contributed by atoms with Gasteiger partial charge in [0.25, 0.3) is 0 Å². The Morgan fingerprint density at radius 1 is 1.15 bits per heavy atom. The molecule has 0 heterocycles. The van der Waals surface area contributed by atoms with Crippen LogP contribution in [0.4, 0.5) is 0 Å². The number of carbonyl (C=O) groups excluding carboxylic acids is 1. The first kappa shape index (κ1) is 18.6. The van der Waals surface area contributed by atoms with Crippen molar-refractivity contribution in [3.05, 3.63) is 58.1 Å². The van der Waals surface area contributed by atoms with Crippen LogP contribution >= 0.6 is 0 Å². The van der Waals surface area contributed by atoms with Crippen molar-refractivity contribution in [3.8, 4) is 5.75 Å². The fraction of sp³-hybridized carbons (Fsp3) is 0.350. The Morgan fingerprint density at radius 3 is 2.46 bits per heavy atom. The predicted octanol–water partition coefficient (Wildman–Crippen LogP) is 3.40. The van der Waals surface area contributed by atoms with Gasteiger partial charge in [0.15, 0.2) is 0 Å². The third-order valence-electron chi connectivity index (χ3n) is 4.75. The molecule has 26 heavy (non-hydrogen) atoms. The molecule has 2 unspecified atom stereocenters. The van der Waals surface area contributed by atoms with E-state index in [4.69, 9.17) is 9.47 Å². The number of esters is 1. The van der Waals surface area contributed by atoms with Crippen LogP contribution in [0.5, 0.6) is 5.75 Å². The fourth-order valence-electron chi connectivity index (χ4n) is 3.48. The minimum atomic E-state index is -1.35. The smallest absolute Gasteiger partial charge is 0.337 e. The van der Waals surface area contributed by atoms with Crippen molar-refractivity contribution in [2.45, 2.75) is 37.6 Å². The lowest BCUT2D eigenvalue weighted by molar-refractivity contribution is 0.0600. The van der Waals surface area contributed by atoms with Crippen LogP contribution in [0.3, 0.4) is 0 Å². The van der Waals surface area contributed by atoms with Crippen LogP contribution in [-0.4, -0.2) is 24.4 Å². The molecular weight excluding hydrogens is 350 g/mol. The SMILES string of the molecule is COC(=O)c1ccc2c(c1)C(NS(=O)c1c(C)cc(OC)cc1C)CC2. The molecule has 0 aromatic heterocycles. The first-order valence-corrected chi connectivity index (χ1v) is 9.64. The Bertz CT molecular complexity index is 855. The molecule has 1 N–H and O–H groups in total. The van der Waals surface area contributed by atoms with Crippen LogP contribution in [0.2, 0.25) is 0 Å². The third-order valence-corrected chi connectivity index (χ3v) is 6.26. The second kappa shape index (κ2) is 7.60. The van der Waals surface area contributed by atoms with E-state index in [1.807, 2.05) is 38.1 Å². The van der Waals surface area contributed by atoms with E-state index in [9.17, 15) is 9.00 Å². The number of hydrogen-bond acceptors (Lipinski definition) is 4. The number of nitrogens with one attached hydrogen (secondary N) is 1. The highest BCUT2D eigenvalue weighted by atomic mass is 32.2. The fourth-order valence-corrected chi connectivity index (χ4v) is 4.80. The molecule has 1 aliphatic carbocycles. The van der Waals surface area contributed by atoms with Crippen molar-refractivity contribution in [2.75, 3.05) is 14.2 Å². The third kappa shape index (κ3) is 3.52. The molecule has 2 atom stereocenters. The molecule has 2 aromatic carbocycles. The highest BCUT2D eigenvalue weighted by molar-refractivity contribution is 7.83. The summed E-state index contributed by atoms with van der Waals surface area (Å²) in [6, 6.07) is 9.30. The van der Waals surface area contributed by atoms with Gasteiger partial charge in [-0.05, 0) is 73.2 Å². The van der Waals surface area contributed by atoms with Crippen LogP contribution in [-0.2, 0) is 22.1 Å². The van der Waals surface area contributed by atoms with Crippen LogP contribution in [0.15, 0.2) is 35.2 Å². The lowest BCUT2D eigenvalue weighted by atomic mass is 10.0. The zero-order valence-electron chi connectivity index (χ0n) is 15.4. The van der Waals surface area contributed by atoms with E-state index >= 15 is 0 Å². The summed E-state index contributed by atoms with van der Waals surface area (Å²) in [5, 5.41) is 0. The van der Waals surface area contributed by atoms with Crippen LogP contribution in [0.25, 0.3) is 0 Å². The van der Waals surface area contributed by atoms with Gasteiger partial charge in [0.05, 0.1) is 24.7 Å². The minimum Gasteiger partial charge on any atom is -0.497 e. The highest BCUT2D eigenvalue weighted by Gasteiger charge is 2.26. The van der Waals surface area contributed by atoms with Gasteiger partial charge < -0.3 is 9.47 Å². The second-order valence-electron chi connectivity index (χ2n) is 6.47. The van der Waals surface area contributed by atoms with Crippen LogP contribution < -0.4 is 9.46 Å². The van der Waals surface area contributed by atoms with Gasteiger partial charge in [0, 0.05) is 6.04 Å². The molecule has 0 aliphatic heterocycles. The van der Waals surface area contributed by atoms with Gasteiger partial charge in [-0.1, -0.05) is 6.07 Å². The topological polar surface area (TPSA) is 64.6 Å². The summed E-state index contributed by atoms with van der Waals surface area (Å²) in [6.07, 6.45) is 1.74. The predicted molar refractivity (Wildman–Crippen MR) is 101 cm³/mol. The number of ether oxygens (including phenoxy) is 2. The quantitative estimate of drug-likeness (QED) is 0.816. The minimum absolute atomic E-state index is 0.0589. The van der Waals surface area contributed by atoms with Crippen molar-refractivity contribution in [1.29, 1.82) is 0 Å². The molecule has 1 aliphatic rings. The van der Waals surface area contributed by atoms with E-state index in [2.05, 4.69) is 4.72 Å². The Morgan fingerprint density at radius 2 is 1.85 bits per heavy atom. The van der Waals surface area contributed by atoms with Gasteiger partial charge in [-0.2, -0.15) is 0 Å². The maximum absolute atomic E-state index is 13.0. The molecule has 3 rings (SSSR count). The molecule has 6 heteroatoms. The zero-order valence-corrected chi connectivity index (χ0v) is 16.2. The number of carbonyl (C=O) groups is 1. The van der Waals surface area contributed by atoms with Gasteiger partial charge in [-0.15, -0.1) is 0 Å². The largest absolute Gasteiger partial charge is 0.497 e. The van der Waals surface area contributed by atoms with Crippen molar-refractivity contribution in [1.82, 2.24) is 4.72 Å². The number of aryl methyl sites for hydroxylation is 3. The number of hydrogen-bond donors (Lipinski definition) is 1. The zero-order chi connectivity index (χ0) is 18.8. The molecule has 0 spiro atoms. The van der Waals surface area contributed by atoms with Gasteiger partial charge in [0.1, 0.15) is 16.7 Å². The summed E-state index contributed by atoms with van der Waals surface area (Å²) < 4.78 is 26.3. The Hall–Kier alpha value is -2.18. The molecule has 0 saturated carbocycles. The van der Waals surface area contributed by atoms with Crippen molar-refractivity contribution in [3.63, 3.8) is 0 Å². The number of benzene rings is 2. The van der Waals surface area contributed by atoms with Gasteiger partial charge in [0.2, 0.25) is 0 Å². The van der Waals surface area contributed by atoms with Crippen LogP contribution in [0, 0.1) is 13.8 Å². The Kier molecular flexibility index (Phi) is 5.44. The highest BCUT2D eigenvalue weighted by Crippen LogP contribution is 2.33. The maximum atomic E-state index is 13.0. The van der Waals surface area contributed by atoms with Crippen molar-refractivity contribution >= 4 is 17.0 Å². The lowest BCUT2D eigenvalue weighted by Gasteiger charge is -2.17. The Balaban J connectivity index is 1.86. The number of methoxy groups -OCH3 is 2. The van der Waals surface area contributed by atoms with E-state index in [1.165, 1.54) is 12.7 Å². The van der Waals surface area contributed by atoms with E-state index in [1.54, 1.807) is 13.2 Å². The second-order valence-corrected chi connectivity index (χ2v) is 7.65. The number of fused-ring (bicyclic) bond motifs is 1. The summed E-state index contributed by atoms with van der Waals surface area (Å²) >= 11 is 0. The maximum Gasteiger partial charge on any atom is 0.337 e. The molecule has 0 bridgehead atoms. The molecule has 2 aromatic rings. The first-order valence-electron chi connectivity index (χ1n) is 8.49. The van der Waals surface area contributed by atoms with Gasteiger partial charge in [-0.25, -0.2) is 13.7 Å². The van der Waals surface area contributed by atoms with Gasteiger partial charge in [-0.3, -0.25) is 0 Å². The summed E-state index contributed by atoms with van der Waals surface area (Å²) in [7, 11) is 1.64. The molecule has 0 amide bonds. The van der Waals surface area contributed by atoms with E-state index in [-0.39, 0.29) is 12.0 Å². The summed E-state index contributed by atoms with van der Waals surface area (Å²) in [5.74, 6) is 0.399. The molecule has 0 radical (unpaired) electrons. The van der Waals surface area contributed by atoms with Crippen LogP contribution in [0.1, 0.15) is 45.1 Å². The summed E-state index contributed by atoms with van der Waals surface area (Å²) in [6.45, 7) is 3.87. The first-order chi connectivity index (χ1) is 12.4. The van der Waals surface area contributed by atoms with Crippen molar-refractivity contribution < 1.29 is 18.5 Å². The molecule has 138 valence electrons. The molecular formula is C20H23NO4S. The molecule has 0 saturated heterocycles. The molecule has 0 fully saturated rings. The van der Waals surface area contributed by atoms with Gasteiger partial charge >= 0.3 is 5.97 Å². The van der Waals surface area contributed by atoms with E-state index in [0.717, 1.165) is 40.2 Å². The lowest BCUT2D eigenvalue weighted by Crippen LogP contribution is -2.23. The monoisotopic (exact) mass is 373 g/mol. The average Bonchev–Trinajstić information content (AvgIpc) is 3.02. The Labute approximate surface area is 156 Å². The van der Waals surface area contributed by atoms with E-state index < -0.39 is 11.0 Å². The standard InChI is InChI=1S/C20H23NO4S/c1-12-9-16(24-3)10-13(2)19(12)26(23)21-18-8-7-14-5-6-15(11-17(14)18)20(22)25-4/h5-6,9-11,18,21H,7-8H2,1-4H3. The average molecular weight is 373 g/mol. The summed E-state index contributed by atoms with van der Waals surface area (Å²) in [5.41, 5.74) is 4.56. The summed E-state index contributed by atoms with van der Waals surface area (Å²) in [4.78, 5) is 12.6. The van der Waals surface area contributed by atoms with E-state index in [0.29, 0.717) is 5.56 Å². The number of rotatable bonds is 5. The molecule has 5 nitrogen and oxygen atoms in total.